The zero-order valence-corrected chi connectivity index (χ0v) is 15.0. The summed E-state index contributed by atoms with van der Waals surface area (Å²) in [6, 6.07) is -1.47. The van der Waals surface area contributed by atoms with Gasteiger partial charge >= 0.3 is 6.18 Å². The Morgan fingerprint density at radius 1 is 1.17 bits per heavy atom. The summed E-state index contributed by atoms with van der Waals surface area (Å²) < 4.78 is 39.0. The molecule has 2 N–H and O–H groups in total. The second-order valence-electron chi connectivity index (χ2n) is 7.99. The molecule has 2 aliphatic rings. The van der Waals surface area contributed by atoms with Crippen LogP contribution in [0.3, 0.4) is 0 Å². The van der Waals surface area contributed by atoms with Gasteiger partial charge in [0.05, 0.1) is 5.41 Å². The highest BCUT2D eigenvalue weighted by molar-refractivity contribution is 5.83. The van der Waals surface area contributed by atoms with Crippen LogP contribution in [0.5, 0.6) is 0 Å². The Balaban J connectivity index is 1.97. The number of hydrogen-bond donors (Lipinski definition) is 2. The van der Waals surface area contributed by atoms with E-state index in [1.165, 1.54) is 0 Å². The third-order valence-electron chi connectivity index (χ3n) is 5.78. The zero-order chi connectivity index (χ0) is 18.1. The lowest BCUT2D eigenvalue weighted by Gasteiger charge is -2.42. The predicted molar refractivity (Wildman–Crippen MR) is 87.7 cm³/mol. The van der Waals surface area contributed by atoms with Crippen molar-refractivity contribution >= 4 is 5.91 Å². The Morgan fingerprint density at radius 3 is 2.38 bits per heavy atom. The van der Waals surface area contributed by atoms with E-state index in [1.54, 1.807) is 13.8 Å². The molecule has 0 aromatic carbocycles. The molecule has 0 bridgehead atoms. The van der Waals surface area contributed by atoms with Gasteiger partial charge in [-0.3, -0.25) is 4.79 Å². The number of alkyl halides is 3. The molecular weight excluding hydrogens is 319 g/mol. The highest BCUT2D eigenvalue weighted by Crippen LogP contribution is 2.34. The van der Waals surface area contributed by atoms with Crippen LogP contribution >= 0.6 is 0 Å². The normalized spacial score (nSPS) is 33.3. The molecule has 2 fully saturated rings. The minimum Gasteiger partial charge on any atom is -0.353 e. The van der Waals surface area contributed by atoms with Crippen LogP contribution in [-0.4, -0.2) is 54.7 Å². The Bertz CT molecular complexity index is 453. The first-order chi connectivity index (χ1) is 11.0. The lowest BCUT2D eigenvalue weighted by atomic mass is 9.77. The molecule has 2 rings (SSSR count). The number of piperidine rings is 2. The number of carbonyl (C=O) groups excluding carboxylic acids is 1. The minimum atomic E-state index is -4.26. The van der Waals surface area contributed by atoms with E-state index in [-0.39, 0.29) is 18.4 Å². The van der Waals surface area contributed by atoms with Gasteiger partial charge in [-0.15, -0.1) is 0 Å². The fraction of sp³-hybridized carbons (Fsp3) is 0.941. The van der Waals surface area contributed by atoms with Gasteiger partial charge < -0.3 is 15.5 Å². The lowest BCUT2D eigenvalue weighted by Crippen LogP contribution is -2.60. The van der Waals surface area contributed by atoms with Gasteiger partial charge in [-0.25, -0.2) is 0 Å². The monoisotopic (exact) mass is 349 g/mol. The highest BCUT2D eigenvalue weighted by atomic mass is 19.4. The van der Waals surface area contributed by atoms with Crippen molar-refractivity contribution in [3.63, 3.8) is 0 Å². The summed E-state index contributed by atoms with van der Waals surface area (Å²) in [6.45, 7) is 6.54. The van der Waals surface area contributed by atoms with Crippen LogP contribution in [0.2, 0.25) is 0 Å². The standard InChI is InChI=1S/C17H30F3N3O/c1-11-10-12(8-9-23(11)4)21-15(24)16(2,3)13-6-5-7-14(22-13)17(18,19)20/h11-14,22H,5-10H2,1-4H3,(H,21,24)/t11?,12?,13-,14+/m0/s1. The van der Waals surface area contributed by atoms with Crippen LogP contribution < -0.4 is 10.6 Å². The van der Waals surface area contributed by atoms with Crippen molar-refractivity contribution in [1.29, 1.82) is 0 Å². The van der Waals surface area contributed by atoms with Crippen LogP contribution in [0.25, 0.3) is 0 Å². The molecule has 4 atom stereocenters. The van der Waals surface area contributed by atoms with Crippen molar-refractivity contribution in [1.82, 2.24) is 15.5 Å². The summed E-state index contributed by atoms with van der Waals surface area (Å²) in [5, 5.41) is 5.75. The van der Waals surface area contributed by atoms with Gasteiger partial charge in [-0.1, -0.05) is 0 Å². The van der Waals surface area contributed by atoms with E-state index in [1.807, 2.05) is 0 Å². The quantitative estimate of drug-likeness (QED) is 0.823. The van der Waals surface area contributed by atoms with Crippen LogP contribution in [0.15, 0.2) is 0 Å². The largest absolute Gasteiger partial charge is 0.403 e. The second-order valence-corrected chi connectivity index (χ2v) is 7.99. The maximum Gasteiger partial charge on any atom is 0.403 e. The fourth-order valence-corrected chi connectivity index (χ4v) is 3.71. The summed E-state index contributed by atoms with van der Waals surface area (Å²) in [5.74, 6) is -0.149. The smallest absolute Gasteiger partial charge is 0.353 e. The first-order valence-corrected chi connectivity index (χ1v) is 8.85. The van der Waals surface area contributed by atoms with Crippen LogP contribution in [0.1, 0.15) is 52.9 Å². The average molecular weight is 349 g/mol. The van der Waals surface area contributed by atoms with Gasteiger partial charge in [0.2, 0.25) is 5.91 Å². The van der Waals surface area contributed by atoms with Crippen LogP contribution in [0, 0.1) is 5.41 Å². The molecule has 1 amide bonds. The molecule has 0 aromatic rings. The van der Waals surface area contributed by atoms with E-state index in [0.717, 1.165) is 19.4 Å². The SMILES string of the molecule is CC1CC(NC(=O)C(C)(C)[C@@H]2CCC[C@H](C(F)(F)F)N2)CCN1C. The molecule has 2 unspecified atom stereocenters. The molecule has 0 aromatic heterocycles. The van der Waals surface area contributed by atoms with Gasteiger partial charge in [0.1, 0.15) is 6.04 Å². The summed E-state index contributed by atoms with van der Waals surface area (Å²) in [6.07, 6.45) is -1.33. The summed E-state index contributed by atoms with van der Waals surface area (Å²) >= 11 is 0. The van der Waals surface area contributed by atoms with E-state index in [9.17, 15) is 18.0 Å². The summed E-state index contributed by atoms with van der Waals surface area (Å²) in [5.41, 5.74) is -0.865. The van der Waals surface area contributed by atoms with Crippen LogP contribution in [0.4, 0.5) is 13.2 Å². The third-order valence-corrected chi connectivity index (χ3v) is 5.78. The zero-order valence-electron chi connectivity index (χ0n) is 15.0. The molecule has 0 radical (unpaired) electrons. The van der Waals surface area contributed by atoms with Crippen molar-refractivity contribution in [2.24, 2.45) is 5.41 Å². The minimum absolute atomic E-state index is 0.0875. The van der Waals surface area contributed by atoms with E-state index in [4.69, 9.17) is 0 Å². The number of halogens is 3. The van der Waals surface area contributed by atoms with E-state index >= 15 is 0 Å². The topological polar surface area (TPSA) is 44.4 Å². The van der Waals surface area contributed by atoms with Gasteiger partial charge in [-0.05, 0) is 59.9 Å². The number of carbonyl (C=O) groups is 1. The molecule has 2 saturated heterocycles. The van der Waals surface area contributed by atoms with E-state index < -0.39 is 23.7 Å². The maximum atomic E-state index is 13.0. The number of nitrogens with one attached hydrogen (secondary N) is 2. The molecule has 7 heteroatoms. The van der Waals surface area contributed by atoms with Gasteiger partial charge in [0.25, 0.3) is 0 Å². The highest BCUT2D eigenvalue weighted by Gasteiger charge is 2.47. The Morgan fingerprint density at radius 2 is 1.79 bits per heavy atom. The van der Waals surface area contributed by atoms with Gasteiger partial charge in [0, 0.05) is 24.7 Å². The molecule has 24 heavy (non-hydrogen) atoms. The van der Waals surface area contributed by atoms with Crippen molar-refractivity contribution in [3.05, 3.63) is 0 Å². The Labute approximate surface area is 142 Å². The number of hydrogen-bond acceptors (Lipinski definition) is 3. The predicted octanol–water partition coefficient (Wildman–Crippen LogP) is 2.68. The summed E-state index contributed by atoms with van der Waals surface area (Å²) in [4.78, 5) is 15.0. The molecule has 4 nitrogen and oxygen atoms in total. The molecule has 0 saturated carbocycles. The first-order valence-electron chi connectivity index (χ1n) is 8.85. The Kier molecular flexibility index (Phi) is 5.85. The molecule has 2 heterocycles. The molecule has 140 valence electrons. The number of nitrogens with zero attached hydrogens (tertiary/aromatic N) is 1. The van der Waals surface area contributed by atoms with Crippen molar-refractivity contribution in [2.75, 3.05) is 13.6 Å². The van der Waals surface area contributed by atoms with E-state index in [2.05, 4.69) is 29.5 Å². The number of rotatable bonds is 3. The second kappa shape index (κ2) is 7.20. The average Bonchev–Trinajstić information content (AvgIpc) is 2.50. The molecule has 0 spiro atoms. The van der Waals surface area contributed by atoms with Gasteiger partial charge in [0.15, 0.2) is 0 Å². The fourth-order valence-electron chi connectivity index (χ4n) is 3.71. The first kappa shape index (κ1) is 19.5. The molecule has 2 aliphatic heterocycles. The Hall–Kier alpha value is -0.820. The van der Waals surface area contributed by atoms with Crippen molar-refractivity contribution < 1.29 is 18.0 Å². The summed E-state index contributed by atoms with van der Waals surface area (Å²) in [7, 11) is 2.07. The number of amides is 1. The maximum absolute atomic E-state index is 13.0. The van der Waals surface area contributed by atoms with Crippen molar-refractivity contribution in [2.45, 2.75) is 83.2 Å². The molecular formula is C17H30F3N3O. The van der Waals surface area contributed by atoms with Crippen LogP contribution in [-0.2, 0) is 4.79 Å². The van der Waals surface area contributed by atoms with Crippen molar-refractivity contribution in [3.8, 4) is 0 Å². The van der Waals surface area contributed by atoms with Gasteiger partial charge in [-0.2, -0.15) is 13.2 Å². The lowest BCUT2D eigenvalue weighted by molar-refractivity contribution is -0.167. The molecule has 0 aliphatic carbocycles. The third kappa shape index (κ3) is 4.42. The van der Waals surface area contributed by atoms with E-state index in [0.29, 0.717) is 18.9 Å². The number of likely N-dealkylation sites (tertiary alicyclic amines) is 1.